The van der Waals surface area contributed by atoms with E-state index < -0.39 is 17.4 Å². The average Bonchev–Trinajstić information content (AvgIpc) is 2.88. The predicted octanol–water partition coefficient (Wildman–Crippen LogP) is 4.79. The summed E-state index contributed by atoms with van der Waals surface area (Å²) < 4.78 is 20.4. The summed E-state index contributed by atoms with van der Waals surface area (Å²) in [6, 6.07) is 3.75. The van der Waals surface area contributed by atoms with Crippen LogP contribution in [0.3, 0.4) is 0 Å². The van der Waals surface area contributed by atoms with Gasteiger partial charge in [0.2, 0.25) is 5.95 Å². The zero-order chi connectivity index (χ0) is 30.7. The number of piperidine rings is 1. The number of hydrogen-bond donors (Lipinski definition) is 2. The molecule has 0 aromatic carbocycles. The Morgan fingerprint density at radius 3 is 2.53 bits per heavy atom. The summed E-state index contributed by atoms with van der Waals surface area (Å²) in [6.45, 7) is 13.9. The van der Waals surface area contributed by atoms with Crippen LogP contribution in [0.4, 0.5) is 32.5 Å². The van der Waals surface area contributed by atoms with Gasteiger partial charge in [-0.05, 0) is 58.6 Å². The lowest BCUT2D eigenvalue weighted by atomic mass is 9.77. The average molecular weight is 593 g/mol. The molecule has 12 heteroatoms. The van der Waals surface area contributed by atoms with E-state index in [9.17, 15) is 14.3 Å². The van der Waals surface area contributed by atoms with Crippen LogP contribution < -0.4 is 15.1 Å². The minimum absolute atomic E-state index is 0.0194. The van der Waals surface area contributed by atoms with E-state index >= 15 is 0 Å². The third-order valence-corrected chi connectivity index (χ3v) is 8.66. The lowest BCUT2D eigenvalue weighted by Gasteiger charge is -2.63. The molecule has 3 saturated heterocycles. The molecule has 3 aliphatic rings. The second-order valence-electron chi connectivity index (χ2n) is 13.6. The maximum Gasteiger partial charge on any atom is 0.410 e. The fraction of sp³-hybridized carbons (Fsp3) is 0.581. The number of anilines is 4. The summed E-state index contributed by atoms with van der Waals surface area (Å²) in [5, 5.41) is 15.3. The van der Waals surface area contributed by atoms with E-state index in [2.05, 4.69) is 34.0 Å². The molecule has 1 amide bonds. The molecular weight excluding hydrogens is 551 g/mol. The number of hydrogen-bond acceptors (Lipinski definition) is 10. The zero-order valence-corrected chi connectivity index (χ0v) is 25.8. The van der Waals surface area contributed by atoms with Gasteiger partial charge in [0.25, 0.3) is 0 Å². The number of aliphatic hydroxyl groups excluding tert-OH is 1. The summed E-state index contributed by atoms with van der Waals surface area (Å²) in [5.74, 6) is 1.74. The molecule has 0 unspecified atom stereocenters. The van der Waals surface area contributed by atoms with Gasteiger partial charge >= 0.3 is 6.09 Å². The molecule has 1 spiro atoms. The van der Waals surface area contributed by atoms with E-state index in [0.717, 1.165) is 35.1 Å². The Kier molecular flexibility index (Phi) is 7.10. The minimum atomic E-state index is -1.73. The van der Waals surface area contributed by atoms with Gasteiger partial charge < -0.3 is 29.9 Å². The second kappa shape index (κ2) is 10.4. The number of fused-ring (bicyclic) bond motifs is 1. The molecule has 3 fully saturated rings. The topological polar surface area (TPSA) is 120 Å². The van der Waals surface area contributed by atoms with Crippen molar-refractivity contribution in [1.29, 1.82) is 0 Å². The number of carbonyl (C=O) groups excluding carboxylic acids is 1. The van der Waals surface area contributed by atoms with Crippen LogP contribution in [0.5, 0.6) is 0 Å². The Morgan fingerprint density at radius 1 is 1.12 bits per heavy atom. The first-order valence-electron chi connectivity index (χ1n) is 15.0. The highest BCUT2D eigenvalue weighted by molar-refractivity contribution is 5.97. The van der Waals surface area contributed by atoms with Gasteiger partial charge in [-0.2, -0.15) is 4.98 Å². The second-order valence-corrected chi connectivity index (χ2v) is 13.6. The van der Waals surface area contributed by atoms with E-state index in [4.69, 9.17) is 14.7 Å². The molecule has 6 heterocycles. The lowest BCUT2D eigenvalue weighted by Crippen LogP contribution is -2.78. The van der Waals surface area contributed by atoms with Gasteiger partial charge in [0.1, 0.15) is 17.2 Å². The zero-order valence-electron chi connectivity index (χ0n) is 25.8. The number of carbonyl (C=O) groups is 1. The fourth-order valence-electron chi connectivity index (χ4n) is 6.26. The van der Waals surface area contributed by atoms with Crippen molar-refractivity contribution in [3.8, 4) is 0 Å². The van der Waals surface area contributed by atoms with Gasteiger partial charge in [0.15, 0.2) is 5.67 Å². The van der Waals surface area contributed by atoms with Crippen molar-refractivity contribution in [3.63, 3.8) is 0 Å². The first-order chi connectivity index (χ1) is 20.2. The number of likely N-dealkylation sites (tertiary alicyclic amines) is 1. The number of nitrogens with one attached hydrogen (secondary N) is 1. The number of amides is 1. The summed E-state index contributed by atoms with van der Waals surface area (Å²) in [6.07, 6.45) is 5.48. The standard InChI is InChI=1S/C31H41FN8O3/c1-19(2)26-20-13-25(36-24-7-10-33-27(37-24)38-11-8-23(41)30(6,32)16-38)34-14-21(20)22(15-35-26)40-12-9-31(40)17-39(18-31)28(42)43-29(3,4)5/h7,10,13-15,19,23,41H,8-9,11-12,16-18H2,1-6H3,(H,33,34,36,37)/t23-,30+/m1/s1. The Balaban J connectivity index is 1.24. The number of alkyl halides is 1. The number of aromatic nitrogens is 4. The van der Waals surface area contributed by atoms with Gasteiger partial charge in [-0.25, -0.2) is 19.2 Å². The Labute approximate surface area is 251 Å². The van der Waals surface area contributed by atoms with Crippen molar-refractivity contribution in [2.24, 2.45) is 0 Å². The summed E-state index contributed by atoms with van der Waals surface area (Å²) in [7, 11) is 0. The van der Waals surface area contributed by atoms with E-state index in [0.29, 0.717) is 43.6 Å². The summed E-state index contributed by atoms with van der Waals surface area (Å²) in [5.41, 5.74) is -0.381. The van der Waals surface area contributed by atoms with Crippen molar-refractivity contribution in [2.75, 3.05) is 47.8 Å². The van der Waals surface area contributed by atoms with E-state index in [1.165, 1.54) is 6.92 Å². The molecule has 3 aromatic rings. The Morgan fingerprint density at radius 2 is 1.88 bits per heavy atom. The third kappa shape index (κ3) is 5.52. The van der Waals surface area contributed by atoms with Crippen molar-refractivity contribution >= 4 is 40.1 Å². The predicted molar refractivity (Wildman–Crippen MR) is 164 cm³/mol. The van der Waals surface area contributed by atoms with Gasteiger partial charge in [0.05, 0.1) is 35.8 Å². The molecule has 11 nitrogen and oxygen atoms in total. The summed E-state index contributed by atoms with van der Waals surface area (Å²) in [4.78, 5) is 37.1. The van der Waals surface area contributed by atoms with Crippen LogP contribution in [0.15, 0.2) is 30.7 Å². The molecule has 0 radical (unpaired) electrons. The third-order valence-electron chi connectivity index (χ3n) is 8.66. The minimum Gasteiger partial charge on any atom is -0.444 e. The number of nitrogens with zero attached hydrogens (tertiary/aromatic N) is 7. The van der Waals surface area contributed by atoms with Gasteiger partial charge in [-0.3, -0.25) is 4.98 Å². The maximum absolute atomic E-state index is 14.8. The van der Waals surface area contributed by atoms with Crippen LogP contribution in [0, 0.1) is 0 Å². The first-order valence-corrected chi connectivity index (χ1v) is 15.0. The Bertz CT molecular complexity index is 1540. The SMILES string of the molecule is CC(C)c1ncc(N2CCC23CN(C(=O)OC(C)(C)C)C3)c2cnc(Nc3ccnc(N4CC[C@@H](O)[C@@](C)(F)C4)n3)cc12. The quantitative estimate of drug-likeness (QED) is 0.428. The number of ether oxygens (including phenoxy) is 1. The molecule has 0 bridgehead atoms. The molecule has 2 N–H and O–H groups in total. The van der Waals surface area contributed by atoms with Gasteiger partial charge in [0, 0.05) is 49.3 Å². The number of pyridine rings is 2. The van der Waals surface area contributed by atoms with Crippen molar-refractivity contribution in [1.82, 2.24) is 24.8 Å². The normalized spacial score (nSPS) is 23.4. The molecule has 0 aliphatic carbocycles. The lowest BCUT2D eigenvalue weighted by molar-refractivity contribution is -0.0220. The number of aliphatic hydroxyl groups is 1. The van der Waals surface area contributed by atoms with Crippen LogP contribution in [0.1, 0.15) is 66.0 Å². The van der Waals surface area contributed by atoms with Crippen molar-refractivity contribution < 1.29 is 19.0 Å². The molecule has 43 heavy (non-hydrogen) atoms. The van der Waals surface area contributed by atoms with Crippen LogP contribution in [-0.4, -0.2) is 91.7 Å². The Hall–Kier alpha value is -3.80. The van der Waals surface area contributed by atoms with Gasteiger partial charge in [-0.15, -0.1) is 0 Å². The van der Waals surface area contributed by atoms with Crippen LogP contribution >= 0.6 is 0 Å². The highest BCUT2D eigenvalue weighted by atomic mass is 19.1. The molecule has 0 saturated carbocycles. The van der Waals surface area contributed by atoms with E-state index in [-0.39, 0.29) is 24.1 Å². The molecule has 2 atom stereocenters. The smallest absolute Gasteiger partial charge is 0.410 e. The van der Waals surface area contributed by atoms with Crippen LogP contribution in [0.25, 0.3) is 10.8 Å². The first kappa shape index (κ1) is 29.3. The van der Waals surface area contributed by atoms with Gasteiger partial charge in [-0.1, -0.05) is 13.8 Å². The van der Waals surface area contributed by atoms with E-state index in [1.807, 2.05) is 39.2 Å². The molecule has 3 aromatic heterocycles. The van der Waals surface area contributed by atoms with Crippen LogP contribution in [-0.2, 0) is 4.74 Å². The highest BCUT2D eigenvalue weighted by Gasteiger charge is 2.56. The van der Waals surface area contributed by atoms with Crippen LogP contribution in [0.2, 0.25) is 0 Å². The number of halogens is 1. The maximum atomic E-state index is 14.8. The van der Waals surface area contributed by atoms with Crippen molar-refractivity contribution in [2.45, 2.75) is 83.2 Å². The molecule has 6 rings (SSSR count). The summed E-state index contributed by atoms with van der Waals surface area (Å²) >= 11 is 0. The molecular formula is C31H41FN8O3. The molecule has 3 aliphatic heterocycles. The molecule has 230 valence electrons. The fourth-order valence-corrected chi connectivity index (χ4v) is 6.26. The largest absolute Gasteiger partial charge is 0.444 e. The van der Waals surface area contributed by atoms with E-state index in [1.54, 1.807) is 22.1 Å². The van der Waals surface area contributed by atoms with Crippen molar-refractivity contribution in [3.05, 3.63) is 36.4 Å². The number of rotatable bonds is 5. The monoisotopic (exact) mass is 592 g/mol. The highest BCUT2D eigenvalue weighted by Crippen LogP contribution is 2.45.